The third-order valence-electron chi connectivity index (χ3n) is 4.49. The van der Waals surface area contributed by atoms with E-state index in [0.717, 1.165) is 11.5 Å². The van der Waals surface area contributed by atoms with Crippen LogP contribution in [0, 0.1) is 5.41 Å². The Labute approximate surface area is 120 Å². The fraction of sp³-hybridized carbons (Fsp3) is 1.00. The minimum Gasteiger partial charge on any atom is -0.306 e. The summed E-state index contributed by atoms with van der Waals surface area (Å²) in [7, 11) is 4.48. The van der Waals surface area contributed by atoms with E-state index in [0.29, 0.717) is 0 Å². The molecule has 0 atom stereocenters. The van der Waals surface area contributed by atoms with Crippen molar-refractivity contribution in [3.8, 4) is 0 Å². The van der Waals surface area contributed by atoms with Crippen molar-refractivity contribution in [3.63, 3.8) is 0 Å². The van der Waals surface area contributed by atoms with Crippen LogP contribution in [0.1, 0.15) is 40.5 Å². The summed E-state index contributed by atoms with van der Waals surface area (Å²) in [5.41, 5.74) is 0.720. The number of hydrogen-bond acceptors (Lipinski definition) is 3. The molecule has 0 radical (unpaired) electrons. The SMILES string of the molecule is CC.CC.CN1CCC(N2CC3(CN(C)C3)C2)CC1. The third kappa shape index (κ3) is 3.93. The number of likely N-dealkylation sites (tertiary alicyclic amines) is 3. The van der Waals surface area contributed by atoms with Crippen molar-refractivity contribution in [2.75, 3.05) is 53.4 Å². The summed E-state index contributed by atoms with van der Waals surface area (Å²) in [4.78, 5) is 7.65. The van der Waals surface area contributed by atoms with Gasteiger partial charge >= 0.3 is 0 Å². The average molecular weight is 269 g/mol. The molecule has 1 spiro atoms. The standard InChI is InChI=1S/C12H23N3.2C2H6/c1-13-5-3-11(4-6-13)15-9-12(10-15)7-14(2)8-12;2*1-2/h11H,3-10H2,1-2H3;2*1-2H3. The van der Waals surface area contributed by atoms with Crippen LogP contribution in [0.25, 0.3) is 0 Å². The van der Waals surface area contributed by atoms with Crippen LogP contribution < -0.4 is 0 Å². The van der Waals surface area contributed by atoms with Crippen LogP contribution in [-0.2, 0) is 0 Å². The summed E-state index contributed by atoms with van der Waals surface area (Å²) >= 11 is 0. The minimum atomic E-state index is 0.720. The van der Waals surface area contributed by atoms with Crippen LogP contribution in [0.5, 0.6) is 0 Å². The minimum absolute atomic E-state index is 0.720. The molecule has 0 amide bonds. The maximum atomic E-state index is 2.74. The molecule has 3 aliphatic heterocycles. The van der Waals surface area contributed by atoms with Gasteiger partial charge in [0.15, 0.2) is 0 Å². The predicted octanol–water partition coefficient (Wildman–Crippen LogP) is 2.38. The van der Waals surface area contributed by atoms with Gasteiger partial charge in [0.1, 0.15) is 0 Å². The Morgan fingerprint density at radius 1 is 0.737 bits per heavy atom. The lowest BCUT2D eigenvalue weighted by Crippen LogP contribution is -2.73. The summed E-state index contributed by atoms with van der Waals surface area (Å²) < 4.78 is 0. The zero-order valence-electron chi connectivity index (χ0n) is 14.1. The molecule has 3 nitrogen and oxygen atoms in total. The topological polar surface area (TPSA) is 9.72 Å². The Morgan fingerprint density at radius 2 is 1.21 bits per heavy atom. The first kappa shape index (κ1) is 16.9. The quantitative estimate of drug-likeness (QED) is 0.724. The summed E-state index contributed by atoms with van der Waals surface area (Å²) in [5.74, 6) is 0. The van der Waals surface area contributed by atoms with E-state index in [1.807, 2.05) is 27.7 Å². The van der Waals surface area contributed by atoms with E-state index in [-0.39, 0.29) is 0 Å². The van der Waals surface area contributed by atoms with Crippen molar-refractivity contribution in [2.45, 2.75) is 46.6 Å². The predicted molar refractivity (Wildman–Crippen MR) is 84.7 cm³/mol. The summed E-state index contributed by atoms with van der Waals surface area (Å²) in [6.07, 6.45) is 2.78. The summed E-state index contributed by atoms with van der Waals surface area (Å²) in [6, 6.07) is 0.901. The van der Waals surface area contributed by atoms with Gasteiger partial charge in [-0.1, -0.05) is 27.7 Å². The number of hydrogen-bond donors (Lipinski definition) is 0. The molecular formula is C16H35N3. The Morgan fingerprint density at radius 3 is 1.63 bits per heavy atom. The molecule has 3 rings (SSSR count). The van der Waals surface area contributed by atoms with E-state index in [1.165, 1.54) is 52.1 Å². The highest BCUT2D eigenvalue weighted by Gasteiger charge is 2.51. The Hall–Kier alpha value is -0.120. The normalized spacial score (nSPS) is 27.5. The van der Waals surface area contributed by atoms with Crippen molar-refractivity contribution < 1.29 is 0 Å². The lowest BCUT2D eigenvalue weighted by atomic mass is 9.72. The van der Waals surface area contributed by atoms with E-state index in [2.05, 4.69) is 28.8 Å². The highest BCUT2D eigenvalue weighted by Crippen LogP contribution is 2.40. The molecule has 19 heavy (non-hydrogen) atoms. The van der Waals surface area contributed by atoms with Gasteiger partial charge < -0.3 is 9.80 Å². The molecular weight excluding hydrogens is 234 g/mol. The lowest BCUT2D eigenvalue weighted by molar-refractivity contribution is -0.127. The van der Waals surface area contributed by atoms with Crippen LogP contribution in [0.15, 0.2) is 0 Å². The zero-order chi connectivity index (χ0) is 14.5. The second kappa shape index (κ2) is 7.61. The van der Waals surface area contributed by atoms with Gasteiger partial charge in [0.25, 0.3) is 0 Å². The average Bonchev–Trinajstić information content (AvgIpc) is 2.38. The molecule has 3 fully saturated rings. The van der Waals surface area contributed by atoms with Gasteiger partial charge in [-0.25, -0.2) is 0 Å². The van der Waals surface area contributed by atoms with Crippen LogP contribution in [0.4, 0.5) is 0 Å². The number of piperidine rings is 1. The number of nitrogens with zero attached hydrogens (tertiary/aromatic N) is 3. The molecule has 3 heteroatoms. The third-order valence-corrected chi connectivity index (χ3v) is 4.49. The van der Waals surface area contributed by atoms with Gasteiger partial charge in [-0.05, 0) is 40.0 Å². The van der Waals surface area contributed by atoms with Crippen LogP contribution in [0.2, 0.25) is 0 Å². The van der Waals surface area contributed by atoms with Gasteiger partial charge in [-0.15, -0.1) is 0 Å². The molecule has 0 N–H and O–H groups in total. The second-order valence-electron chi connectivity index (χ2n) is 6.11. The van der Waals surface area contributed by atoms with E-state index < -0.39 is 0 Å². The summed E-state index contributed by atoms with van der Waals surface area (Å²) in [5, 5.41) is 0. The monoisotopic (exact) mass is 269 g/mol. The Kier molecular flexibility index (Phi) is 6.78. The van der Waals surface area contributed by atoms with Crippen molar-refractivity contribution in [2.24, 2.45) is 5.41 Å². The largest absolute Gasteiger partial charge is 0.306 e. The second-order valence-corrected chi connectivity index (χ2v) is 6.11. The van der Waals surface area contributed by atoms with Gasteiger partial charge in [-0.3, -0.25) is 4.90 Å². The zero-order valence-corrected chi connectivity index (χ0v) is 14.1. The van der Waals surface area contributed by atoms with Gasteiger partial charge in [0.05, 0.1) is 0 Å². The molecule has 0 aromatic carbocycles. The fourth-order valence-electron chi connectivity index (χ4n) is 3.73. The molecule has 0 saturated carbocycles. The molecule has 3 heterocycles. The first-order chi connectivity index (χ1) is 9.17. The maximum Gasteiger partial charge on any atom is 0.0212 e. The summed E-state index contributed by atoms with van der Waals surface area (Å²) in [6.45, 7) is 16.0. The first-order valence-electron chi connectivity index (χ1n) is 8.28. The van der Waals surface area contributed by atoms with E-state index >= 15 is 0 Å². The molecule has 0 aromatic heterocycles. The smallest absolute Gasteiger partial charge is 0.0212 e. The van der Waals surface area contributed by atoms with Crippen molar-refractivity contribution in [1.82, 2.24) is 14.7 Å². The molecule has 3 aliphatic rings. The van der Waals surface area contributed by atoms with Crippen molar-refractivity contribution in [3.05, 3.63) is 0 Å². The lowest BCUT2D eigenvalue weighted by Gasteiger charge is -2.62. The van der Waals surface area contributed by atoms with E-state index in [4.69, 9.17) is 0 Å². The molecule has 114 valence electrons. The molecule has 0 unspecified atom stereocenters. The van der Waals surface area contributed by atoms with Crippen LogP contribution in [0.3, 0.4) is 0 Å². The molecule has 0 bridgehead atoms. The molecule has 3 saturated heterocycles. The maximum absolute atomic E-state index is 2.74. The highest BCUT2D eigenvalue weighted by molar-refractivity contribution is 5.06. The van der Waals surface area contributed by atoms with Crippen molar-refractivity contribution in [1.29, 1.82) is 0 Å². The Bertz CT molecular complexity index is 232. The number of rotatable bonds is 1. The first-order valence-corrected chi connectivity index (χ1v) is 8.28. The van der Waals surface area contributed by atoms with Gasteiger partial charge in [0.2, 0.25) is 0 Å². The Balaban J connectivity index is 0.000000415. The fourth-order valence-corrected chi connectivity index (χ4v) is 3.73. The van der Waals surface area contributed by atoms with Gasteiger partial charge in [-0.2, -0.15) is 0 Å². The van der Waals surface area contributed by atoms with Crippen LogP contribution in [-0.4, -0.2) is 74.1 Å². The van der Waals surface area contributed by atoms with Gasteiger partial charge in [0, 0.05) is 37.6 Å². The van der Waals surface area contributed by atoms with Crippen molar-refractivity contribution >= 4 is 0 Å². The molecule has 0 aromatic rings. The van der Waals surface area contributed by atoms with Crippen LogP contribution >= 0.6 is 0 Å². The van der Waals surface area contributed by atoms with E-state index in [9.17, 15) is 0 Å². The van der Waals surface area contributed by atoms with E-state index in [1.54, 1.807) is 0 Å². The molecule has 0 aliphatic carbocycles. The highest BCUT2D eigenvalue weighted by atomic mass is 15.3.